The van der Waals surface area contributed by atoms with Crippen LogP contribution in [0.15, 0.2) is 6.07 Å². The van der Waals surface area contributed by atoms with Crippen molar-refractivity contribution in [1.29, 1.82) is 0 Å². The lowest BCUT2D eigenvalue weighted by atomic mass is 10.1. The number of carbonyl (C=O) groups excluding carboxylic acids is 1. The summed E-state index contributed by atoms with van der Waals surface area (Å²) in [4.78, 5) is 21.6. The van der Waals surface area contributed by atoms with Gasteiger partial charge in [-0.2, -0.15) is 0 Å². The first kappa shape index (κ1) is 12.9. The maximum Gasteiger partial charge on any atom is 0.338 e. The Labute approximate surface area is 95.0 Å². The monoisotopic (exact) mass is 245 g/mol. The van der Waals surface area contributed by atoms with Gasteiger partial charge >= 0.3 is 5.97 Å². The van der Waals surface area contributed by atoms with E-state index in [1.165, 1.54) is 0 Å². The van der Waals surface area contributed by atoms with Gasteiger partial charge in [0, 0.05) is 6.92 Å². The number of rotatable bonds is 3. The largest absolute Gasteiger partial charge is 0.491 e. The van der Waals surface area contributed by atoms with Crippen molar-refractivity contribution < 1.29 is 28.2 Å². The van der Waals surface area contributed by atoms with E-state index in [1.807, 2.05) is 5.32 Å². The molecule has 1 aromatic rings. The van der Waals surface area contributed by atoms with E-state index in [1.54, 1.807) is 0 Å². The summed E-state index contributed by atoms with van der Waals surface area (Å²) in [5, 5.41) is 10.7. The third-order valence-electron chi connectivity index (χ3n) is 1.91. The molecule has 1 rings (SSSR count). The predicted molar refractivity (Wildman–Crippen MR) is 54.2 cm³/mol. The summed E-state index contributed by atoms with van der Waals surface area (Å²) in [6, 6.07) is 0.579. The molecule has 0 atom stereocenters. The van der Waals surface area contributed by atoms with Gasteiger partial charge in [0.15, 0.2) is 17.4 Å². The number of nitrogens with one attached hydrogen (secondary N) is 1. The lowest BCUT2D eigenvalue weighted by Gasteiger charge is -2.11. The average Bonchev–Trinajstić information content (AvgIpc) is 2.21. The molecule has 0 aliphatic carbocycles. The third-order valence-corrected chi connectivity index (χ3v) is 1.91. The first-order chi connectivity index (χ1) is 7.88. The number of anilines is 1. The molecule has 0 spiro atoms. The van der Waals surface area contributed by atoms with Crippen LogP contribution < -0.4 is 10.1 Å². The van der Waals surface area contributed by atoms with Gasteiger partial charge in [0.1, 0.15) is 0 Å². The van der Waals surface area contributed by atoms with Crippen molar-refractivity contribution in [3.8, 4) is 5.75 Å². The molecule has 1 aromatic carbocycles. The fraction of sp³-hybridized carbons (Fsp3) is 0.200. The van der Waals surface area contributed by atoms with Gasteiger partial charge in [0.2, 0.25) is 5.91 Å². The number of carboxylic acid groups (broad SMARTS) is 1. The van der Waals surface area contributed by atoms with Crippen LogP contribution in [0.25, 0.3) is 0 Å². The van der Waals surface area contributed by atoms with E-state index in [0.717, 1.165) is 14.0 Å². The highest BCUT2D eigenvalue weighted by Gasteiger charge is 2.23. The molecule has 0 aromatic heterocycles. The molecule has 0 radical (unpaired) electrons. The smallest absolute Gasteiger partial charge is 0.338 e. The standard InChI is InChI=1S/C10H9F2NO4/c1-4(14)13-8-5(10(15)16)3-6(11)9(17-2)7(8)12/h3H,1-2H3,(H,13,14)(H,15,16). The highest BCUT2D eigenvalue weighted by atomic mass is 19.1. The first-order valence-corrected chi connectivity index (χ1v) is 4.45. The number of methoxy groups -OCH3 is 1. The summed E-state index contributed by atoms with van der Waals surface area (Å²) >= 11 is 0. The molecule has 0 aliphatic heterocycles. The number of halogens is 2. The minimum Gasteiger partial charge on any atom is -0.491 e. The highest BCUT2D eigenvalue weighted by Crippen LogP contribution is 2.31. The number of hydrogen-bond donors (Lipinski definition) is 2. The van der Waals surface area contributed by atoms with Gasteiger partial charge < -0.3 is 15.2 Å². The van der Waals surface area contributed by atoms with Gasteiger partial charge in [-0.05, 0) is 6.07 Å². The zero-order valence-corrected chi connectivity index (χ0v) is 9.01. The second-order valence-electron chi connectivity index (χ2n) is 3.11. The molecule has 0 unspecified atom stereocenters. The number of carbonyl (C=O) groups is 2. The Morgan fingerprint density at radius 2 is 2.00 bits per heavy atom. The van der Waals surface area contributed by atoms with E-state index in [2.05, 4.69) is 4.74 Å². The molecule has 92 valence electrons. The number of ether oxygens (including phenoxy) is 1. The van der Waals surface area contributed by atoms with Crippen molar-refractivity contribution in [3.05, 3.63) is 23.3 Å². The Hall–Kier alpha value is -2.18. The molecule has 5 nitrogen and oxygen atoms in total. The molecular weight excluding hydrogens is 236 g/mol. The van der Waals surface area contributed by atoms with Crippen molar-refractivity contribution in [2.45, 2.75) is 6.92 Å². The fourth-order valence-corrected chi connectivity index (χ4v) is 1.26. The summed E-state index contributed by atoms with van der Waals surface area (Å²) in [5.41, 5.74) is -1.31. The van der Waals surface area contributed by atoms with Crippen molar-refractivity contribution in [1.82, 2.24) is 0 Å². The van der Waals surface area contributed by atoms with Gasteiger partial charge in [-0.3, -0.25) is 4.79 Å². The van der Waals surface area contributed by atoms with Crippen LogP contribution in [0.5, 0.6) is 5.75 Å². The minimum absolute atomic E-state index is 0.579. The second kappa shape index (κ2) is 4.77. The number of hydrogen-bond acceptors (Lipinski definition) is 3. The van der Waals surface area contributed by atoms with Crippen LogP contribution in [-0.2, 0) is 4.79 Å². The van der Waals surface area contributed by atoms with Gasteiger partial charge in [-0.25, -0.2) is 13.6 Å². The zero-order chi connectivity index (χ0) is 13.2. The summed E-state index contributed by atoms with van der Waals surface area (Å²) in [7, 11) is 1.03. The van der Waals surface area contributed by atoms with Crippen LogP contribution in [0.2, 0.25) is 0 Å². The summed E-state index contributed by atoms with van der Waals surface area (Å²) in [6.45, 7) is 1.07. The maximum absolute atomic E-state index is 13.7. The Bertz CT molecular complexity index is 488. The van der Waals surface area contributed by atoms with Gasteiger partial charge in [-0.1, -0.05) is 0 Å². The summed E-state index contributed by atoms with van der Waals surface area (Å²) in [6.07, 6.45) is 0. The second-order valence-corrected chi connectivity index (χ2v) is 3.11. The molecule has 1 amide bonds. The minimum atomic E-state index is -1.56. The third kappa shape index (κ3) is 2.49. The normalized spacial score (nSPS) is 9.88. The molecular formula is C10H9F2NO4. The predicted octanol–water partition coefficient (Wildman–Crippen LogP) is 1.63. The number of amides is 1. The molecule has 0 bridgehead atoms. The maximum atomic E-state index is 13.7. The molecule has 17 heavy (non-hydrogen) atoms. The van der Waals surface area contributed by atoms with Crippen LogP contribution in [-0.4, -0.2) is 24.1 Å². The lowest BCUT2D eigenvalue weighted by molar-refractivity contribution is -0.114. The van der Waals surface area contributed by atoms with E-state index >= 15 is 0 Å². The number of benzene rings is 1. The molecule has 0 fully saturated rings. The first-order valence-electron chi connectivity index (χ1n) is 4.45. The van der Waals surface area contributed by atoms with E-state index in [4.69, 9.17) is 5.11 Å². The quantitative estimate of drug-likeness (QED) is 0.848. The van der Waals surface area contributed by atoms with Crippen molar-refractivity contribution in [3.63, 3.8) is 0 Å². The molecule has 0 heterocycles. The fourth-order valence-electron chi connectivity index (χ4n) is 1.26. The van der Waals surface area contributed by atoms with E-state index < -0.39 is 40.5 Å². The zero-order valence-electron chi connectivity index (χ0n) is 9.01. The van der Waals surface area contributed by atoms with Crippen molar-refractivity contribution >= 4 is 17.6 Å². The van der Waals surface area contributed by atoms with Crippen molar-refractivity contribution in [2.75, 3.05) is 12.4 Å². The Balaban J connectivity index is 3.50. The van der Waals surface area contributed by atoms with Gasteiger partial charge in [0.25, 0.3) is 0 Å². The van der Waals surface area contributed by atoms with Gasteiger partial charge in [0.05, 0.1) is 18.4 Å². The van der Waals surface area contributed by atoms with Crippen molar-refractivity contribution in [2.24, 2.45) is 0 Å². The molecule has 7 heteroatoms. The Kier molecular flexibility index (Phi) is 3.62. The van der Waals surface area contributed by atoms with E-state index in [9.17, 15) is 18.4 Å². The molecule has 0 aliphatic rings. The Morgan fingerprint density at radius 3 is 2.41 bits per heavy atom. The Morgan fingerprint density at radius 1 is 1.41 bits per heavy atom. The van der Waals surface area contributed by atoms with Crippen LogP contribution in [0, 0.1) is 11.6 Å². The number of aromatic carboxylic acids is 1. The molecule has 2 N–H and O–H groups in total. The average molecular weight is 245 g/mol. The highest BCUT2D eigenvalue weighted by molar-refractivity contribution is 6.00. The van der Waals surface area contributed by atoms with Gasteiger partial charge in [-0.15, -0.1) is 0 Å². The van der Waals surface area contributed by atoms with Crippen LogP contribution in [0.3, 0.4) is 0 Å². The topological polar surface area (TPSA) is 75.6 Å². The molecule has 0 saturated carbocycles. The summed E-state index contributed by atoms with van der Waals surface area (Å²) in [5.74, 6) is -5.41. The molecule has 0 saturated heterocycles. The number of carboxylic acids is 1. The van der Waals surface area contributed by atoms with E-state index in [0.29, 0.717) is 6.07 Å². The van der Waals surface area contributed by atoms with Crippen LogP contribution in [0.4, 0.5) is 14.5 Å². The van der Waals surface area contributed by atoms with Crippen LogP contribution >= 0.6 is 0 Å². The lowest BCUT2D eigenvalue weighted by Crippen LogP contribution is -2.14. The van der Waals surface area contributed by atoms with Crippen LogP contribution in [0.1, 0.15) is 17.3 Å². The SMILES string of the molecule is COc1c(F)cc(C(=O)O)c(NC(C)=O)c1F. The van der Waals surface area contributed by atoms with E-state index in [-0.39, 0.29) is 0 Å². The summed E-state index contributed by atoms with van der Waals surface area (Å²) < 4.78 is 31.4.